The summed E-state index contributed by atoms with van der Waals surface area (Å²) >= 11 is 0. The number of hydrogen-bond donors (Lipinski definition) is 1. The number of rotatable bonds is 7. The predicted molar refractivity (Wildman–Crippen MR) is 63.2 cm³/mol. The van der Waals surface area contributed by atoms with Crippen LogP contribution in [0.5, 0.6) is 0 Å². The zero-order chi connectivity index (χ0) is 13.5. The van der Waals surface area contributed by atoms with E-state index in [4.69, 9.17) is 9.47 Å². The van der Waals surface area contributed by atoms with Crippen LogP contribution in [0.25, 0.3) is 0 Å². The molecule has 5 heteroatoms. The van der Waals surface area contributed by atoms with Crippen molar-refractivity contribution in [1.82, 2.24) is 0 Å². The summed E-state index contributed by atoms with van der Waals surface area (Å²) in [5, 5.41) is 9.73. The molecule has 3 nitrogen and oxygen atoms in total. The Bertz CT molecular complexity index is 371. The Labute approximate surface area is 105 Å². The molecule has 0 spiro atoms. The van der Waals surface area contributed by atoms with Crippen molar-refractivity contribution in [3.8, 4) is 0 Å². The first kappa shape index (κ1) is 15.0. The monoisotopic (exact) mass is 260 g/mol. The average Bonchev–Trinajstić information content (AvgIpc) is 2.36. The Balaban J connectivity index is 2.50. The molecule has 0 aliphatic carbocycles. The lowest BCUT2D eigenvalue weighted by atomic mass is 10.1. The lowest BCUT2D eigenvalue weighted by molar-refractivity contribution is -0.0403. The Morgan fingerprint density at radius 3 is 2.67 bits per heavy atom. The summed E-state index contributed by atoms with van der Waals surface area (Å²) in [5.74, 6) is -2.01. The molecule has 0 saturated carbocycles. The third kappa shape index (κ3) is 4.33. The molecule has 18 heavy (non-hydrogen) atoms. The first-order valence-electron chi connectivity index (χ1n) is 5.87. The van der Waals surface area contributed by atoms with Crippen molar-refractivity contribution < 1.29 is 23.4 Å². The molecular formula is C13H18F2O3. The predicted octanol–water partition coefficient (Wildman–Crippen LogP) is 2.44. The minimum absolute atomic E-state index is 0.0985. The molecule has 0 fully saturated rings. The van der Waals surface area contributed by atoms with Crippen molar-refractivity contribution in [1.29, 1.82) is 0 Å². The maximum Gasteiger partial charge on any atom is 0.164 e. The molecule has 1 aromatic carbocycles. The van der Waals surface area contributed by atoms with E-state index in [0.717, 1.165) is 6.07 Å². The molecule has 1 aromatic rings. The van der Waals surface area contributed by atoms with Crippen molar-refractivity contribution in [2.24, 2.45) is 0 Å². The van der Waals surface area contributed by atoms with E-state index in [2.05, 4.69) is 0 Å². The van der Waals surface area contributed by atoms with E-state index in [-0.39, 0.29) is 18.3 Å². The number of hydrogen-bond acceptors (Lipinski definition) is 3. The molecule has 0 heterocycles. The van der Waals surface area contributed by atoms with Crippen LogP contribution in [-0.2, 0) is 9.47 Å². The standard InChI is InChI=1S/C13H18F2O3/c1-3-17-7-9(2)18-8-12(16)10-5-4-6-11(14)13(10)15/h4-6,9,12,16H,3,7-8H2,1-2H3. The van der Waals surface area contributed by atoms with Crippen LogP contribution >= 0.6 is 0 Å². The van der Waals surface area contributed by atoms with E-state index in [9.17, 15) is 13.9 Å². The second-order valence-electron chi connectivity index (χ2n) is 3.96. The molecule has 0 aliphatic heterocycles. The van der Waals surface area contributed by atoms with Gasteiger partial charge in [0.15, 0.2) is 11.6 Å². The van der Waals surface area contributed by atoms with Crippen LogP contribution in [0.4, 0.5) is 8.78 Å². The molecular weight excluding hydrogens is 242 g/mol. The third-order valence-electron chi connectivity index (χ3n) is 2.44. The Morgan fingerprint density at radius 2 is 2.00 bits per heavy atom. The minimum Gasteiger partial charge on any atom is -0.386 e. The third-order valence-corrected chi connectivity index (χ3v) is 2.44. The highest BCUT2D eigenvalue weighted by Crippen LogP contribution is 2.19. The first-order valence-corrected chi connectivity index (χ1v) is 5.87. The topological polar surface area (TPSA) is 38.7 Å². The smallest absolute Gasteiger partial charge is 0.164 e. The maximum absolute atomic E-state index is 13.4. The summed E-state index contributed by atoms with van der Waals surface area (Å²) in [6.07, 6.45) is -1.40. The SMILES string of the molecule is CCOCC(C)OCC(O)c1cccc(F)c1F. The minimum atomic E-state index is -1.19. The number of aliphatic hydroxyl groups is 1. The molecule has 1 rings (SSSR count). The summed E-state index contributed by atoms with van der Waals surface area (Å²) in [7, 11) is 0. The van der Waals surface area contributed by atoms with Crippen LogP contribution < -0.4 is 0 Å². The van der Waals surface area contributed by atoms with Gasteiger partial charge in [-0.15, -0.1) is 0 Å². The van der Waals surface area contributed by atoms with Crippen LogP contribution in [0.15, 0.2) is 18.2 Å². The lowest BCUT2D eigenvalue weighted by Crippen LogP contribution is -2.20. The summed E-state index contributed by atoms with van der Waals surface area (Å²) in [4.78, 5) is 0. The summed E-state index contributed by atoms with van der Waals surface area (Å²) in [6, 6.07) is 3.68. The molecule has 0 radical (unpaired) electrons. The van der Waals surface area contributed by atoms with Gasteiger partial charge in [0.05, 0.1) is 19.3 Å². The Morgan fingerprint density at radius 1 is 1.28 bits per heavy atom. The van der Waals surface area contributed by atoms with Gasteiger partial charge in [0.25, 0.3) is 0 Å². The van der Waals surface area contributed by atoms with Gasteiger partial charge in [0, 0.05) is 12.2 Å². The van der Waals surface area contributed by atoms with Crippen molar-refractivity contribution >= 4 is 0 Å². The van der Waals surface area contributed by atoms with Crippen molar-refractivity contribution in [3.05, 3.63) is 35.4 Å². The van der Waals surface area contributed by atoms with E-state index >= 15 is 0 Å². The van der Waals surface area contributed by atoms with Gasteiger partial charge in [-0.3, -0.25) is 0 Å². The second-order valence-corrected chi connectivity index (χ2v) is 3.96. The Kier molecular flexibility index (Phi) is 6.18. The fraction of sp³-hybridized carbons (Fsp3) is 0.538. The highest BCUT2D eigenvalue weighted by Gasteiger charge is 2.17. The van der Waals surface area contributed by atoms with Crippen LogP contribution in [0, 0.1) is 11.6 Å². The summed E-state index contributed by atoms with van der Waals surface area (Å²) < 4.78 is 36.7. The van der Waals surface area contributed by atoms with E-state index in [1.807, 2.05) is 6.92 Å². The number of ether oxygens (including phenoxy) is 2. The average molecular weight is 260 g/mol. The maximum atomic E-state index is 13.4. The van der Waals surface area contributed by atoms with E-state index in [1.54, 1.807) is 6.92 Å². The summed E-state index contributed by atoms with van der Waals surface area (Å²) in [5.41, 5.74) is -0.0985. The van der Waals surface area contributed by atoms with Gasteiger partial charge < -0.3 is 14.6 Å². The van der Waals surface area contributed by atoms with Gasteiger partial charge in [0.1, 0.15) is 6.10 Å². The highest BCUT2D eigenvalue weighted by molar-refractivity contribution is 5.21. The first-order chi connectivity index (χ1) is 8.56. The lowest BCUT2D eigenvalue weighted by Gasteiger charge is -2.17. The number of benzene rings is 1. The number of halogens is 2. The van der Waals surface area contributed by atoms with Crippen LogP contribution in [0.2, 0.25) is 0 Å². The summed E-state index contributed by atoms with van der Waals surface area (Å²) in [6.45, 7) is 4.52. The van der Waals surface area contributed by atoms with Gasteiger partial charge in [-0.05, 0) is 19.9 Å². The van der Waals surface area contributed by atoms with Gasteiger partial charge in [-0.25, -0.2) is 8.78 Å². The fourth-order valence-electron chi connectivity index (χ4n) is 1.45. The molecule has 0 aromatic heterocycles. The largest absolute Gasteiger partial charge is 0.386 e. The molecule has 0 bridgehead atoms. The van der Waals surface area contributed by atoms with Crippen LogP contribution in [0.1, 0.15) is 25.5 Å². The fourth-order valence-corrected chi connectivity index (χ4v) is 1.45. The second kappa shape index (κ2) is 7.41. The van der Waals surface area contributed by atoms with Gasteiger partial charge >= 0.3 is 0 Å². The molecule has 2 unspecified atom stereocenters. The van der Waals surface area contributed by atoms with Crippen molar-refractivity contribution in [3.63, 3.8) is 0 Å². The van der Waals surface area contributed by atoms with E-state index < -0.39 is 17.7 Å². The van der Waals surface area contributed by atoms with Gasteiger partial charge in [-0.1, -0.05) is 12.1 Å². The van der Waals surface area contributed by atoms with Gasteiger partial charge in [0.2, 0.25) is 0 Å². The zero-order valence-electron chi connectivity index (χ0n) is 10.5. The number of aliphatic hydroxyl groups excluding tert-OH is 1. The van der Waals surface area contributed by atoms with Crippen LogP contribution in [0.3, 0.4) is 0 Å². The molecule has 0 saturated heterocycles. The van der Waals surface area contributed by atoms with Gasteiger partial charge in [-0.2, -0.15) is 0 Å². The molecule has 1 N–H and O–H groups in total. The molecule has 102 valence electrons. The quantitative estimate of drug-likeness (QED) is 0.818. The molecule has 0 amide bonds. The molecule has 2 atom stereocenters. The van der Waals surface area contributed by atoms with E-state index in [0.29, 0.717) is 13.2 Å². The highest BCUT2D eigenvalue weighted by atomic mass is 19.2. The molecule has 0 aliphatic rings. The van der Waals surface area contributed by atoms with Crippen molar-refractivity contribution in [2.75, 3.05) is 19.8 Å². The normalized spacial score (nSPS) is 14.5. The Hall–Kier alpha value is -1.04. The van der Waals surface area contributed by atoms with E-state index in [1.165, 1.54) is 12.1 Å². The van der Waals surface area contributed by atoms with Crippen molar-refractivity contribution in [2.45, 2.75) is 26.1 Å². The van der Waals surface area contributed by atoms with Crippen LogP contribution in [-0.4, -0.2) is 31.0 Å². The zero-order valence-corrected chi connectivity index (χ0v) is 10.5.